The molecule has 2 aromatic rings. The first-order valence-corrected chi connectivity index (χ1v) is 5.11. The van der Waals surface area contributed by atoms with Crippen molar-refractivity contribution in [2.45, 2.75) is 0 Å². The molecule has 18 heavy (non-hydrogen) atoms. The summed E-state index contributed by atoms with van der Waals surface area (Å²) < 4.78 is 38.7. The molecule has 2 rings (SSSR count). The Hall–Kier alpha value is -1.95. The Morgan fingerprint density at radius 2 is 1.78 bits per heavy atom. The van der Waals surface area contributed by atoms with E-state index in [1.165, 1.54) is 12.1 Å². The van der Waals surface area contributed by atoms with E-state index in [0.717, 1.165) is 12.1 Å². The molecule has 0 saturated carbocycles. The van der Waals surface area contributed by atoms with Crippen LogP contribution in [0.5, 0.6) is 5.88 Å². The largest absolute Gasteiger partial charge is 0.395 e. The van der Waals surface area contributed by atoms with Gasteiger partial charge in [0, 0.05) is 10.1 Å². The number of benzene rings is 1. The Morgan fingerprint density at radius 1 is 1.17 bits per heavy atom. The van der Waals surface area contributed by atoms with Crippen molar-refractivity contribution in [3.63, 3.8) is 0 Å². The zero-order valence-electron chi connectivity index (χ0n) is 8.75. The SMILES string of the molecule is Nc1c(F)c(-c2ccc(F)cc2)nc(OF)c1Cl. The van der Waals surface area contributed by atoms with Gasteiger partial charge in [0.2, 0.25) is 0 Å². The third kappa shape index (κ3) is 2.06. The second kappa shape index (κ2) is 4.73. The van der Waals surface area contributed by atoms with E-state index in [9.17, 15) is 13.3 Å². The van der Waals surface area contributed by atoms with Crippen molar-refractivity contribution >= 4 is 17.3 Å². The summed E-state index contributed by atoms with van der Waals surface area (Å²) in [6.07, 6.45) is 0. The first-order chi connectivity index (χ1) is 8.54. The second-order valence-corrected chi connectivity index (χ2v) is 3.77. The molecule has 1 aromatic carbocycles. The zero-order chi connectivity index (χ0) is 13.3. The summed E-state index contributed by atoms with van der Waals surface area (Å²) in [5.41, 5.74) is 4.82. The molecule has 0 bridgehead atoms. The number of aromatic nitrogens is 1. The molecule has 0 aliphatic carbocycles. The fourth-order valence-electron chi connectivity index (χ4n) is 1.39. The topological polar surface area (TPSA) is 48.1 Å². The Kier molecular flexibility index (Phi) is 3.29. The first-order valence-electron chi connectivity index (χ1n) is 4.73. The van der Waals surface area contributed by atoms with E-state index in [0.29, 0.717) is 0 Å². The number of nitrogens with two attached hydrogens (primary N) is 1. The summed E-state index contributed by atoms with van der Waals surface area (Å²) in [6, 6.07) is 4.76. The third-order valence-electron chi connectivity index (χ3n) is 2.27. The Morgan fingerprint density at radius 3 is 2.33 bits per heavy atom. The Balaban J connectivity index is 2.64. The van der Waals surface area contributed by atoms with Crippen LogP contribution in [-0.4, -0.2) is 4.98 Å². The number of hydrogen-bond donors (Lipinski definition) is 1. The zero-order valence-corrected chi connectivity index (χ0v) is 9.51. The monoisotopic (exact) mass is 274 g/mol. The van der Waals surface area contributed by atoms with E-state index in [-0.39, 0.29) is 11.3 Å². The molecule has 0 aliphatic heterocycles. The summed E-state index contributed by atoms with van der Waals surface area (Å²) >= 11 is 5.53. The van der Waals surface area contributed by atoms with Gasteiger partial charge in [-0.1, -0.05) is 11.6 Å². The van der Waals surface area contributed by atoms with Gasteiger partial charge in [-0.2, -0.15) is 0 Å². The lowest BCUT2D eigenvalue weighted by atomic mass is 10.1. The molecule has 94 valence electrons. The van der Waals surface area contributed by atoms with E-state index in [1.54, 1.807) is 0 Å². The average molecular weight is 275 g/mol. The number of hydrogen-bond acceptors (Lipinski definition) is 3. The van der Waals surface area contributed by atoms with Crippen LogP contribution in [0.3, 0.4) is 0 Å². The van der Waals surface area contributed by atoms with Gasteiger partial charge in [-0.25, -0.2) is 13.8 Å². The van der Waals surface area contributed by atoms with Crippen molar-refractivity contribution in [2.24, 2.45) is 0 Å². The molecule has 0 radical (unpaired) electrons. The van der Waals surface area contributed by atoms with E-state index < -0.39 is 28.2 Å². The highest BCUT2D eigenvalue weighted by atomic mass is 35.5. The molecule has 0 atom stereocenters. The number of halogens is 4. The quantitative estimate of drug-likeness (QED) is 0.911. The minimum absolute atomic E-state index is 0.218. The number of anilines is 1. The van der Waals surface area contributed by atoms with Gasteiger partial charge in [0.15, 0.2) is 5.82 Å². The number of nitrogens with zero attached hydrogens (tertiary/aromatic N) is 1. The molecule has 1 heterocycles. The Bertz CT molecular complexity index is 590. The maximum absolute atomic E-state index is 13.8. The van der Waals surface area contributed by atoms with Gasteiger partial charge >= 0.3 is 0 Å². The van der Waals surface area contributed by atoms with Crippen LogP contribution in [0.2, 0.25) is 5.02 Å². The van der Waals surface area contributed by atoms with Crippen LogP contribution in [0.15, 0.2) is 24.3 Å². The predicted octanol–water partition coefficient (Wildman–Crippen LogP) is 3.53. The van der Waals surface area contributed by atoms with Gasteiger partial charge < -0.3 is 5.73 Å². The fourth-order valence-corrected chi connectivity index (χ4v) is 1.54. The van der Waals surface area contributed by atoms with Crippen molar-refractivity contribution in [1.29, 1.82) is 0 Å². The van der Waals surface area contributed by atoms with E-state index in [4.69, 9.17) is 17.3 Å². The van der Waals surface area contributed by atoms with Crippen LogP contribution in [0.4, 0.5) is 19.0 Å². The molecule has 1 aromatic heterocycles. The molecule has 0 fully saturated rings. The summed E-state index contributed by atoms with van der Waals surface area (Å²) in [7, 11) is 0. The standard InChI is InChI=1S/C11H6ClF3N2O/c12-7-9(16)8(14)10(17-11(7)18-15)5-1-3-6(13)4-2-5/h1-4H,(H2,16,17). The second-order valence-electron chi connectivity index (χ2n) is 3.39. The van der Waals surface area contributed by atoms with Gasteiger partial charge in [-0.3, -0.25) is 4.94 Å². The summed E-state index contributed by atoms with van der Waals surface area (Å²) in [6.45, 7) is 0. The molecule has 0 amide bonds. The number of nitrogen functional groups attached to an aromatic ring is 1. The maximum Gasteiger partial charge on any atom is 0.284 e. The Labute approximate surface area is 105 Å². The molecule has 0 unspecified atom stereocenters. The van der Waals surface area contributed by atoms with E-state index in [1.807, 2.05) is 0 Å². The van der Waals surface area contributed by atoms with Gasteiger partial charge in [-0.15, -0.1) is 0 Å². The summed E-state index contributed by atoms with van der Waals surface area (Å²) in [5.74, 6) is -2.06. The molecular formula is C11H6ClF3N2O. The van der Waals surface area contributed by atoms with Gasteiger partial charge in [0.25, 0.3) is 5.88 Å². The fraction of sp³-hybridized carbons (Fsp3) is 0. The van der Waals surface area contributed by atoms with Crippen LogP contribution in [0, 0.1) is 11.6 Å². The average Bonchev–Trinajstić information content (AvgIpc) is 2.38. The number of rotatable bonds is 2. The molecular weight excluding hydrogens is 269 g/mol. The lowest BCUT2D eigenvalue weighted by molar-refractivity contribution is -0.0116. The maximum atomic E-state index is 13.8. The summed E-state index contributed by atoms with van der Waals surface area (Å²) in [5, 5.41) is -0.458. The smallest absolute Gasteiger partial charge is 0.284 e. The minimum atomic E-state index is -0.924. The highest BCUT2D eigenvalue weighted by molar-refractivity contribution is 6.34. The lowest BCUT2D eigenvalue weighted by Gasteiger charge is -2.08. The highest BCUT2D eigenvalue weighted by Crippen LogP contribution is 2.36. The van der Waals surface area contributed by atoms with Crippen molar-refractivity contribution in [2.75, 3.05) is 5.73 Å². The summed E-state index contributed by atoms with van der Waals surface area (Å²) in [4.78, 5) is 6.95. The van der Waals surface area contributed by atoms with Crippen LogP contribution in [0.25, 0.3) is 11.3 Å². The molecule has 0 aliphatic rings. The molecule has 7 heteroatoms. The van der Waals surface area contributed by atoms with Crippen molar-refractivity contribution in [1.82, 2.24) is 4.98 Å². The predicted molar refractivity (Wildman–Crippen MR) is 60.7 cm³/mol. The molecule has 0 saturated heterocycles. The van der Waals surface area contributed by atoms with Crippen LogP contribution < -0.4 is 10.7 Å². The van der Waals surface area contributed by atoms with Gasteiger partial charge in [-0.05, 0) is 24.3 Å². The normalized spacial score (nSPS) is 10.4. The van der Waals surface area contributed by atoms with Crippen molar-refractivity contribution in [3.05, 3.63) is 40.9 Å². The van der Waals surface area contributed by atoms with Crippen LogP contribution in [-0.2, 0) is 0 Å². The van der Waals surface area contributed by atoms with Gasteiger partial charge in [0.1, 0.15) is 16.5 Å². The highest BCUT2D eigenvalue weighted by Gasteiger charge is 2.19. The third-order valence-corrected chi connectivity index (χ3v) is 2.64. The van der Waals surface area contributed by atoms with E-state index >= 15 is 0 Å². The van der Waals surface area contributed by atoms with E-state index in [2.05, 4.69) is 9.93 Å². The molecule has 3 nitrogen and oxygen atoms in total. The van der Waals surface area contributed by atoms with Crippen molar-refractivity contribution in [3.8, 4) is 17.1 Å². The molecule has 2 N–H and O–H groups in total. The minimum Gasteiger partial charge on any atom is -0.395 e. The number of pyridine rings is 1. The first kappa shape index (κ1) is 12.5. The van der Waals surface area contributed by atoms with Gasteiger partial charge in [0.05, 0.1) is 5.69 Å². The van der Waals surface area contributed by atoms with Crippen LogP contribution >= 0.6 is 11.6 Å². The van der Waals surface area contributed by atoms with Crippen molar-refractivity contribution < 1.29 is 18.2 Å². The lowest BCUT2D eigenvalue weighted by Crippen LogP contribution is -2.00. The molecule has 0 spiro atoms. The van der Waals surface area contributed by atoms with Crippen LogP contribution in [0.1, 0.15) is 0 Å².